The zero-order valence-corrected chi connectivity index (χ0v) is 28.6. The molecule has 0 fully saturated rings. The number of hydrogen-bond donors (Lipinski definition) is 1. The number of aryl methyl sites for hydroxylation is 4. The Labute approximate surface area is 275 Å². The Morgan fingerprint density at radius 1 is 0.652 bits per heavy atom. The first-order chi connectivity index (χ1) is 22.2. The Morgan fingerprint density at radius 2 is 1.28 bits per heavy atom. The normalized spacial score (nSPS) is 10.9. The number of aromatic hydroxyl groups is 1. The molecule has 0 saturated heterocycles. The molecule has 0 unspecified atom stereocenters. The van der Waals surface area contributed by atoms with Crippen molar-refractivity contribution in [2.45, 2.75) is 86.5 Å². The topological polar surface area (TPSA) is 68.1 Å². The van der Waals surface area contributed by atoms with Crippen molar-refractivity contribution in [1.82, 2.24) is 15.0 Å². The van der Waals surface area contributed by atoms with Crippen LogP contribution in [-0.4, -0.2) is 26.7 Å². The summed E-state index contributed by atoms with van der Waals surface area (Å²) in [6.07, 6.45) is 5.68. The second-order valence-corrected chi connectivity index (χ2v) is 12.2. The number of nitrogens with zero attached hydrogens (tertiary/aromatic N) is 3. The Morgan fingerprint density at radius 3 is 1.87 bits per heavy atom. The molecule has 4 aromatic carbocycles. The predicted octanol–water partition coefficient (Wildman–Crippen LogP) is 10.8. The minimum atomic E-state index is 0.103. The van der Waals surface area contributed by atoms with E-state index in [0.29, 0.717) is 29.6 Å². The number of rotatable bonds is 11. The van der Waals surface area contributed by atoms with Gasteiger partial charge in [0.25, 0.3) is 0 Å². The lowest BCUT2D eigenvalue weighted by atomic mass is 9.98. The average Bonchev–Trinajstić information content (AvgIpc) is 3.05. The molecule has 5 aromatic rings. The summed E-state index contributed by atoms with van der Waals surface area (Å²) in [6, 6.07) is 28.5. The number of hydrogen-bond acceptors (Lipinski definition) is 5. The van der Waals surface area contributed by atoms with Gasteiger partial charge in [0.15, 0.2) is 17.5 Å². The largest absolute Gasteiger partial charge is 0.507 e. The molecule has 0 amide bonds. The summed E-state index contributed by atoms with van der Waals surface area (Å²) in [5.41, 5.74) is 8.26. The molecule has 1 heterocycles. The number of phenolic OH excluding ortho intramolecular Hbond substituents is 1. The lowest BCUT2D eigenvalue weighted by Crippen LogP contribution is -2.04. The molecule has 5 nitrogen and oxygen atoms in total. The SMILES string of the molecule is CCCCCCOc1cc(O)c(-c2nc(-c3ccccc3C)nc(-c3ccc(C)cc3C)n2)cc1C(C)C.CCc1ccccc1. The molecule has 1 N–H and O–H groups in total. The number of benzene rings is 4. The highest BCUT2D eigenvalue weighted by molar-refractivity contribution is 5.73. The molecule has 0 atom stereocenters. The Bertz CT molecular complexity index is 1710. The molecule has 0 saturated carbocycles. The van der Waals surface area contributed by atoms with Crippen LogP contribution >= 0.6 is 0 Å². The van der Waals surface area contributed by atoms with Gasteiger partial charge in [0, 0.05) is 17.2 Å². The Balaban J connectivity index is 0.000000523. The number of phenols is 1. The third-order valence-electron chi connectivity index (χ3n) is 8.14. The summed E-state index contributed by atoms with van der Waals surface area (Å²) < 4.78 is 6.13. The second kappa shape index (κ2) is 16.7. The molecule has 1 aromatic heterocycles. The van der Waals surface area contributed by atoms with Crippen LogP contribution in [0.5, 0.6) is 11.5 Å². The maximum absolute atomic E-state index is 11.2. The van der Waals surface area contributed by atoms with Crippen LogP contribution in [0.2, 0.25) is 0 Å². The van der Waals surface area contributed by atoms with Crippen LogP contribution in [0, 0.1) is 20.8 Å². The maximum Gasteiger partial charge on any atom is 0.167 e. The first-order valence-electron chi connectivity index (χ1n) is 16.6. The van der Waals surface area contributed by atoms with Gasteiger partial charge in [0.2, 0.25) is 0 Å². The van der Waals surface area contributed by atoms with Crippen molar-refractivity contribution in [3.05, 3.63) is 113 Å². The van der Waals surface area contributed by atoms with Crippen molar-refractivity contribution < 1.29 is 9.84 Å². The third-order valence-corrected chi connectivity index (χ3v) is 8.14. The zero-order valence-electron chi connectivity index (χ0n) is 28.6. The minimum absolute atomic E-state index is 0.103. The number of ether oxygens (including phenoxy) is 1. The highest BCUT2D eigenvalue weighted by Gasteiger charge is 2.20. The molecule has 5 heteroatoms. The molecule has 0 spiro atoms. The lowest BCUT2D eigenvalue weighted by molar-refractivity contribution is 0.299. The highest BCUT2D eigenvalue weighted by Crippen LogP contribution is 2.39. The van der Waals surface area contributed by atoms with E-state index in [-0.39, 0.29) is 11.7 Å². The van der Waals surface area contributed by atoms with Crippen molar-refractivity contribution >= 4 is 0 Å². The van der Waals surface area contributed by atoms with Crippen molar-refractivity contribution in [2.24, 2.45) is 0 Å². The van der Waals surface area contributed by atoms with Crippen LogP contribution in [0.15, 0.2) is 84.9 Å². The molecular weight excluding hydrogens is 566 g/mol. The number of aromatic nitrogens is 3. The van der Waals surface area contributed by atoms with E-state index >= 15 is 0 Å². The third kappa shape index (κ3) is 9.03. The fraction of sp³-hybridized carbons (Fsp3) is 0.341. The van der Waals surface area contributed by atoms with E-state index in [0.717, 1.165) is 52.8 Å². The van der Waals surface area contributed by atoms with Crippen molar-refractivity contribution in [3.8, 4) is 45.7 Å². The van der Waals surface area contributed by atoms with E-state index in [9.17, 15) is 5.11 Å². The zero-order chi connectivity index (χ0) is 33.1. The lowest BCUT2D eigenvalue weighted by Gasteiger charge is -2.17. The van der Waals surface area contributed by atoms with Gasteiger partial charge in [-0.15, -0.1) is 0 Å². The van der Waals surface area contributed by atoms with Crippen LogP contribution in [0.1, 0.15) is 87.1 Å². The molecule has 0 aliphatic heterocycles. The Hall–Kier alpha value is -4.51. The molecule has 0 bridgehead atoms. The summed E-state index contributed by atoms with van der Waals surface area (Å²) in [5.74, 6) is 2.66. The molecule has 46 heavy (non-hydrogen) atoms. The average molecular weight is 616 g/mol. The fourth-order valence-electron chi connectivity index (χ4n) is 5.39. The van der Waals surface area contributed by atoms with E-state index in [1.165, 1.54) is 24.0 Å². The van der Waals surface area contributed by atoms with Gasteiger partial charge in [-0.25, -0.2) is 15.0 Å². The van der Waals surface area contributed by atoms with E-state index in [1.807, 2.05) is 30.3 Å². The van der Waals surface area contributed by atoms with Crippen LogP contribution in [0.4, 0.5) is 0 Å². The van der Waals surface area contributed by atoms with Crippen LogP contribution in [0.25, 0.3) is 34.2 Å². The number of unbranched alkanes of at least 4 members (excludes halogenated alkanes) is 3. The van der Waals surface area contributed by atoms with Crippen LogP contribution in [-0.2, 0) is 6.42 Å². The molecule has 0 radical (unpaired) electrons. The van der Waals surface area contributed by atoms with Gasteiger partial charge >= 0.3 is 0 Å². The molecule has 5 rings (SSSR count). The van der Waals surface area contributed by atoms with Gasteiger partial charge in [0.1, 0.15) is 11.5 Å². The van der Waals surface area contributed by atoms with Gasteiger partial charge < -0.3 is 9.84 Å². The Kier molecular flexibility index (Phi) is 12.5. The van der Waals surface area contributed by atoms with Gasteiger partial charge in [0.05, 0.1) is 12.2 Å². The smallest absolute Gasteiger partial charge is 0.167 e. The van der Waals surface area contributed by atoms with Gasteiger partial charge in [-0.3, -0.25) is 0 Å². The van der Waals surface area contributed by atoms with Crippen molar-refractivity contribution in [2.75, 3.05) is 6.61 Å². The summed E-state index contributed by atoms with van der Waals surface area (Å²) >= 11 is 0. The molecule has 0 aliphatic carbocycles. The first kappa shape index (κ1) is 34.4. The van der Waals surface area contributed by atoms with Gasteiger partial charge in [-0.1, -0.05) is 125 Å². The van der Waals surface area contributed by atoms with E-state index in [2.05, 4.69) is 97.0 Å². The van der Waals surface area contributed by atoms with E-state index in [4.69, 9.17) is 19.7 Å². The quantitative estimate of drug-likeness (QED) is 0.150. The highest BCUT2D eigenvalue weighted by atomic mass is 16.5. The fourth-order valence-corrected chi connectivity index (χ4v) is 5.39. The van der Waals surface area contributed by atoms with Gasteiger partial charge in [-0.2, -0.15) is 0 Å². The van der Waals surface area contributed by atoms with Crippen molar-refractivity contribution in [1.29, 1.82) is 0 Å². The minimum Gasteiger partial charge on any atom is -0.507 e. The summed E-state index contributed by atoms with van der Waals surface area (Å²) in [4.78, 5) is 14.6. The summed E-state index contributed by atoms with van der Waals surface area (Å²) in [5, 5.41) is 11.2. The molecular formula is C41H49N3O2. The van der Waals surface area contributed by atoms with E-state index < -0.39 is 0 Å². The van der Waals surface area contributed by atoms with Crippen LogP contribution < -0.4 is 4.74 Å². The van der Waals surface area contributed by atoms with Gasteiger partial charge in [-0.05, 0) is 67.9 Å². The summed E-state index contributed by atoms with van der Waals surface area (Å²) in [6.45, 7) is 15.5. The molecule has 240 valence electrons. The second-order valence-electron chi connectivity index (χ2n) is 12.2. The maximum atomic E-state index is 11.2. The van der Waals surface area contributed by atoms with E-state index in [1.54, 1.807) is 6.07 Å². The summed E-state index contributed by atoms with van der Waals surface area (Å²) in [7, 11) is 0. The van der Waals surface area contributed by atoms with Crippen molar-refractivity contribution in [3.63, 3.8) is 0 Å². The monoisotopic (exact) mass is 615 g/mol. The standard InChI is InChI=1S/C33H39N3O2.C8H10/c1-7-8-9-12-17-38-30-20-29(37)28(19-27(30)21(2)3)33-35-31(25-14-11-10-13-23(25)5)34-32(36-33)26-16-15-22(4)18-24(26)6;1-2-8-6-4-3-5-7-8/h10-11,13-16,18-21,37H,7-9,12,17H2,1-6H3;3-7H,2H2,1H3. The molecule has 0 aliphatic rings. The predicted molar refractivity (Wildman–Crippen MR) is 192 cm³/mol. The first-order valence-corrected chi connectivity index (χ1v) is 16.6. The van der Waals surface area contributed by atoms with Crippen LogP contribution in [0.3, 0.4) is 0 Å².